The number of thiophene rings is 2. The Morgan fingerprint density at radius 3 is 2.56 bits per heavy atom. The van der Waals surface area contributed by atoms with Crippen LogP contribution in [0.3, 0.4) is 0 Å². The zero-order valence-corrected chi connectivity index (χ0v) is 20.3. The molecule has 170 valence electrons. The molecule has 3 rings (SSSR count). The first-order chi connectivity index (χ1) is 15.3. The lowest BCUT2D eigenvalue weighted by Crippen LogP contribution is -2.21. The van der Waals surface area contributed by atoms with E-state index in [0.29, 0.717) is 20.9 Å². The lowest BCUT2D eigenvalue weighted by Gasteiger charge is -2.08. The molecule has 0 fully saturated rings. The fourth-order valence-electron chi connectivity index (χ4n) is 2.84. The van der Waals surface area contributed by atoms with Crippen molar-refractivity contribution in [3.63, 3.8) is 0 Å². The van der Waals surface area contributed by atoms with E-state index >= 15 is 0 Å². The molecule has 0 radical (unpaired) electrons. The molecule has 0 aliphatic carbocycles. The number of hydrogen-bond donors (Lipinski definition) is 1. The second-order valence-corrected chi connectivity index (χ2v) is 9.29. The van der Waals surface area contributed by atoms with E-state index in [1.165, 1.54) is 15.9 Å². The van der Waals surface area contributed by atoms with Gasteiger partial charge in [-0.25, -0.2) is 14.6 Å². The normalized spacial score (nSPS) is 10.9. The van der Waals surface area contributed by atoms with Crippen molar-refractivity contribution < 1.29 is 23.9 Å². The lowest BCUT2D eigenvalue weighted by molar-refractivity contribution is -0.113. The summed E-state index contributed by atoms with van der Waals surface area (Å²) < 4.78 is 11.5. The number of rotatable bonds is 8. The number of amides is 1. The van der Waals surface area contributed by atoms with Crippen LogP contribution in [0.2, 0.25) is 0 Å². The van der Waals surface area contributed by atoms with E-state index < -0.39 is 17.8 Å². The van der Waals surface area contributed by atoms with Gasteiger partial charge in [-0.2, -0.15) is 0 Å². The Kier molecular flexibility index (Phi) is 7.69. The van der Waals surface area contributed by atoms with E-state index in [9.17, 15) is 19.2 Å². The van der Waals surface area contributed by atoms with Gasteiger partial charge < -0.3 is 14.8 Å². The highest BCUT2D eigenvalue weighted by Gasteiger charge is 2.27. The van der Waals surface area contributed by atoms with Crippen LogP contribution in [-0.2, 0) is 21.3 Å². The molecule has 1 N–H and O–H groups in total. The molecular weight excluding hydrogens is 474 g/mol. The first-order valence-corrected chi connectivity index (χ1v) is 12.3. The molecule has 0 saturated heterocycles. The van der Waals surface area contributed by atoms with Crippen molar-refractivity contribution in [2.75, 3.05) is 24.3 Å². The average molecular weight is 496 g/mol. The molecule has 12 heteroatoms. The number of anilines is 1. The molecular formula is C20H21N3O6S3. The van der Waals surface area contributed by atoms with Gasteiger partial charge >= 0.3 is 11.9 Å². The summed E-state index contributed by atoms with van der Waals surface area (Å²) in [5.74, 6) is -1.67. The first kappa shape index (κ1) is 24.0. The van der Waals surface area contributed by atoms with Gasteiger partial charge in [0.15, 0.2) is 5.16 Å². The van der Waals surface area contributed by atoms with Gasteiger partial charge in [0.25, 0.3) is 5.56 Å². The van der Waals surface area contributed by atoms with Crippen molar-refractivity contribution in [2.24, 2.45) is 7.05 Å². The van der Waals surface area contributed by atoms with Crippen LogP contribution in [0.4, 0.5) is 5.00 Å². The van der Waals surface area contributed by atoms with E-state index in [1.807, 2.05) is 0 Å². The number of hydrogen-bond acceptors (Lipinski definition) is 10. The number of ether oxygens (including phenoxy) is 2. The molecule has 9 nitrogen and oxygen atoms in total. The van der Waals surface area contributed by atoms with Gasteiger partial charge in [0, 0.05) is 7.05 Å². The van der Waals surface area contributed by atoms with Gasteiger partial charge in [-0.3, -0.25) is 14.2 Å². The summed E-state index contributed by atoms with van der Waals surface area (Å²) in [7, 11) is 1.60. The molecule has 0 unspecified atom stereocenters. The quantitative estimate of drug-likeness (QED) is 0.287. The summed E-state index contributed by atoms with van der Waals surface area (Å²) in [6.45, 7) is 5.29. The van der Waals surface area contributed by atoms with Crippen LogP contribution in [0.25, 0.3) is 10.2 Å². The van der Waals surface area contributed by atoms with Crippen LogP contribution in [0.5, 0.6) is 0 Å². The summed E-state index contributed by atoms with van der Waals surface area (Å²) in [6, 6.07) is 1.72. The van der Waals surface area contributed by atoms with Crippen molar-refractivity contribution in [3.8, 4) is 0 Å². The second kappa shape index (κ2) is 10.3. The molecule has 0 aliphatic heterocycles. The molecule has 1 amide bonds. The topological polar surface area (TPSA) is 117 Å². The zero-order valence-electron chi connectivity index (χ0n) is 17.8. The number of fused-ring (bicyclic) bond motifs is 1. The summed E-state index contributed by atoms with van der Waals surface area (Å²) in [6.07, 6.45) is 0. The van der Waals surface area contributed by atoms with Crippen LogP contribution in [0.1, 0.15) is 39.4 Å². The predicted molar refractivity (Wildman–Crippen MR) is 125 cm³/mol. The van der Waals surface area contributed by atoms with Crippen LogP contribution >= 0.6 is 34.4 Å². The van der Waals surface area contributed by atoms with E-state index in [1.54, 1.807) is 39.3 Å². The Balaban J connectivity index is 1.81. The molecule has 0 atom stereocenters. The minimum Gasteiger partial charge on any atom is -0.462 e. The van der Waals surface area contributed by atoms with Gasteiger partial charge in [-0.1, -0.05) is 11.8 Å². The Labute approximate surface area is 195 Å². The van der Waals surface area contributed by atoms with Gasteiger partial charge in [0.1, 0.15) is 14.7 Å². The van der Waals surface area contributed by atoms with Crippen LogP contribution < -0.4 is 10.9 Å². The number of carbonyl (C=O) groups excluding carboxylic acids is 3. The maximum atomic E-state index is 12.6. The fourth-order valence-corrected chi connectivity index (χ4v) is 5.53. The fraction of sp³-hybridized carbons (Fsp3) is 0.350. The summed E-state index contributed by atoms with van der Waals surface area (Å²) >= 11 is 3.41. The molecule has 0 bridgehead atoms. The third-order valence-corrected chi connectivity index (χ3v) is 7.36. The molecule has 0 aromatic carbocycles. The Hall–Kier alpha value is -2.70. The largest absolute Gasteiger partial charge is 0.462 e. The highest BCUT2D eigenvalue weighted by Crippen LogP contribution is 2.34. The molecule has 0 saturated carbocycles. The number of thioether (sulfide) groups is 1. The number of esters is 2. The van der Waals surface area contributed by atoms with Crippen molar-refractivity contribution in [1.82, 2.24) is 9.55 Å². The maximum absolute atomic E-state index is 12.6. The SMILES string of the molecule is CCOC(=O)c1sc(NC(=O)CSc2nc3sccc3c(=O)n2C)c(C(=O)OCC)c1C. The lowest BCUT2D eigenvalue weighted by atomic mass is 10.1. The minimum atomic E-state index is -0.632. The molecule has 32 heavy (non-hydrogen) atoms. The maximum Gasteiger partial charge on any atom is 0.348 e. The summed E-state index contributed by atoms with van der Waals surface area (Å²) in [5, 5.41) is 5.62. The Bertz CT molecular complexity index is 1240. The number of nitrogens with zero attached hydrogens (tertiary/aromatic N) is 2. The summed E-state index contributed by atoms with van der Waals surface area (Å²) in [4.78, 5) is 55.0. The molecule has 3 heterocycles. The van der Waals surface area contributed by atoms with Crippen LogP contribution in [-0.4, -0.2) is 46.4 Å². The number of aromatic nitrogens is 2. The minimum absolute atomic E-state index is 0.0505. The van der Waals surface area contributed by atoms with Crippen molar-refractivity contribution in [2.45, 2.75) is 25.9 Å². The molecule has 0 spiro atoms. The summed E-state index contributed by atoms with van der Waals surface area (Å²) in [5.41, 5.74) is 0.336. The predicted octanol–water partition coefficient (Wildman–Crippen LogP) is 3.45. The Morgan fingerprint density at radius 2 is 1.88 bits per heavy atom. The van der Waals surface area contributed by atoms with Crippen LogP contribution in [0, 0.1) is 6.92 Å². The highest BCUT2D eigenvalue weighted by atomic mass is 32.2. The van der Waals surface area contributed by atoms with E-state index in [4.69, 9.17) is 9.47 Å². The molecule has 0 aliphatic rings. The number of nitrogens with one attached hydrogen (secondary N) is 1. The third kappa shape index (κ3) is 4.87. The molecule has 3 aromatic heterocycles. The van der Waals surface area contributed by atoms with Crippen molar-refractivity contribution in [1.29, 1.82) is 0 Å². The van der Waals surface area contributed by atoms with Gasteiger partial charge in [0.2, 0.25) is 5.91 Å². The smallest absolute Gasteiger partial charge is 0.348 e. The van der Waals surface area contributed by atoms with E-state index in [2.05, 4.69) is 10.3 Å². The van der Waals surface area contributed by atoms with E-state index in [0.717, 1.165) is 23.1 Å². The van der Waals surface area contributed by atoms with Crippen molar-refractivity contribution >= 4 is 67.5 Å². The monoisotopic (exact) mass is 495 g/mol. The zero-order chi connectivity index (χ0) is 23.4. The van der Waals surface area contributed by atoms with Crippen molar-refractivity contribution in [3.05, 3.63) is 37.8 Å². The van der Waals surface area contributed by atoms with Gasteiger partial charge in [-0.15, -0.1) is 22.7 Å². The van der Waals surface area contributed by atoms with Gasteiger partial charge in [0.05, 0.1) is 29.9 Å². The van der Waals surface area contributed by atoms with Gasteiger partial charge in [-0.05, 0) is 37.8 Å². The highest BCUT2D eigenvalue weighted by molar-refractivity contribution is 7.99. The third-order valence-electron chi connectivity index (χ3n) is 4.34. The van der Waals surface area contributed by atoms with E-state index in [-0.39, 0.29) is 40.0 Å². The second-order valence-electron chi connectivity index (χ2n) is 6.44. The standard InChI is InChI=1S/C20H21N3O6S3/c1-5-28-18(26)13-10(3)14(19(27)29-6-2)32-16(13)21-12(24)9-31-20-22-15-11(7-8-30-15)17(25)23(20)4/h7-8H,5-6,9H2,1-4H3,(H,21,24). The average Bonchev–Trinajstić information content (AvgIpc) is 3.34. The Morgan fingerprint density at radius 1 is 1.19 bits per heavy atom. The van der Waals surface area contributed by atoms with Crippen LogP contribution in [0.15, 0.2) is 21.4 Å². The molecule has 3 aromatic rings. The first-order valence-electron chi connectivity index (χ1n) is 9.62. The number of carbonyl (C=O) groups is 3.